The lowest BCUT2D eigenvalue weighted by atomic mass is 10.2. The van der Waals surface area contributed by atoms with Gasteiger partial charge in [-0.1, -0.05) is 26.0 Å². The van der Waals surface area contributed by atoms with E-state index in [0.717, 1.165) is 0 Å². The number of rotatable bonds is 8. The first-order chi connectivity index (χ1) is 9.90. The number of carbonyl (C=O) groups is 2. The van der Waals surface area contributed by atoms with Gasteiger partial charge in [-0.3, -0.25) is 9.59 Å². The molecule has 0 saturated heterocycles. The zero-order valence-corrected chi connectivity index (χ0v) is 13.0. The molecule has 116 valence electrons. The van der Waals surface area contributed by atoms with E-state index in [1.54, 1.807) is 18.2 Å². The van der Waals surface area contributed by atoms with E-state index >= 15 is 0 Å². The van der Waals surface area contributed by atoms with Crippen molar-refractivity contribution in [1.82, 2.24) is 4.90 Å². The summed E-state index contributed by atoms with van der Waals surface area (Å²) in [6, 6.07) is 6.39. The molecule has 0 aromatic heterocycles. The summed E-state index contributed by atoms with van der Waals surface area (Å²) in [7, 11) is 0. The third-order valence-electron chi connectivity index (χ3n) is 2.67. The highest BCUT2D eigenvalue weighted by Crippen LogP contribution is 2.22. The second-order valence-electron chi connectivity index (χ2n) is 5.09. The van der Waals surface area contributed by atoms with E-state index in [1.165, 1.54) is 22.7 Å². The third-order valence-corrected chi connectivity index (χ3v) is 3.72. The van der Waals surface area contributed by atoms with Gasteiger partial charge < -0.3 is 10.0 Å². The fourth-order valence-electron chi connectivity index (χ4n) is 1.83. The molecule has 0 heterocycles. The average molecular weight is 313 g/mol. The first kappa shape index (κ1) is 17.5. The van der Waals surface area contributed by atoms with Crippen molar-refractivity contribution in [3.63, 3.8) is 0 Å². The van der Waals surface area contributed by atoms with Crippen molar-refractivity contribution >= 4 is 23.6 Å². The zero-order valence-electron chi connectivity index (χ0n) is 12.2. The second-order valence-corrected chi connectivity index (χ2v) is 6.23. The molecule has 0 atom stereocenters. The van der Waals surface area contributed by atoms with Gasteiger partial charge in [-0.25, -0.2) is 4.39 Å². The van der Waals surface area contributed by atoms with Crippen LogP contribution in [-0.4, -0.2) is 40.7 Å². The molecule has 0 aliphatic heterocycles. The lowest BCUT2D eigenvalue weighted by Gasteiger charge is -2.22. The van der Waals surface area contributed by atoms with Crippen LogP contribution in [0.3, 0.4) is 0 Å². The van der Waals surface area contributed by atoms with Gasteiger partial charge >= 0.3 is 5.97 Å². The molecule has 0 fully saturated rings. The fourth-order valence-corrected chi connectivity index (χ4v) is 2.70. The predicted molar refractivity (Wildman–Crippen MR) is 80.8 cm³/mol. The molecule has 1 N–H and O–H groups in total. The van der Waals surface area contributed by atoms with Crippen LogP contribution < -0.4 is 0 Å². The van der Waals surface area contributed by atoms with Crippen molar-refractivity contribution in [2.45, 2.75) is 25.2 Å². The van der Waals surface area contributed by atoms with Crippen LogP contribution in [0.1, 0.15) is 20.3 Å². The van der Waals surface area contributed by atoms with Crippen molar-refractivity contribution in [3.05, 3.63) is 30.1 Å². The summed E-state index contributed by atoms with van der Waals surface area (Å²) in [4.78, 5) is 24.7. The summed E-state index contributed by atoms with van der Waals surface area (Å²) in [6.07, 6.45) is 0.193. The summed E-state index contributed by atoms with van der Waals surface area (Å²) in [5.41, 5.74) is 0. The van der Waals surface area contributed by atoms with Gasteiger partial charge in [0.25, 0.3) is 0 Å². The number of benzene rings is 1. The minimum atomic E-state index is -1.02. The summed E-state index contributed by atoms with van der Waals surface area (Å²) in [5.74, 6) is -0.915. The Morgan fingerprint density at radius 2 is 2.00 bits per heavy atom. The molecule has 0 unspecified atom stereocenters. The maximum atomic E-state index is 13.4. The molecular weight excluding hydrogens is 293 g/mol. The average Bonchev–Trinajstić information content (AvgIpc) is 2.39. The van der Waals surface area contributed by atoms with Crippen molar-refractivity contribution in [2.75, 3.05) is 18.8 Å². The molecule has 1 aromatic rings. The molecule has 0 aliphatic rings. The number of halogens is 1. The molecule has 1 rings (SSSR count). The minimum absolute atomic E-state index is 0.193. The summed E-state index contributed by atoms with van der Waals surface area (Å²) >= 11 is 1.26. The standard InChI is InChI=1S/C15H20FNO3S/c1-11(2)9-17(10-15(19)20)14(18)7-8-21-13-6-4-3-5-12(13)16/h3-6,11H,7-10H2,1-2H3,(H,19,20). The first-order valence-corrected chi connectivity index (χ1v) is 7.75. The van der Waals surface area contributed by atoms with Crippen LogP contribution >= 0.6 is 11.8 Å². The number of carbonyl (C=O) groups excluding carboxylic acids is 1. The number of aliphatic carboxylic acids is 1. The predicted octanol–water partition coefficient (Wildman–Crippen LogP) is 2.88. The van der Waals surface area contributed by atoms with Gasteiger partial charge in [0.2, 0.25) is 5.91 Å². The van der Waals surface area contributed by atoms with E-state index < -0.39 is 5.97 Å². The summed E-state index contributed by atoms with van der Waals surface area (Å²) < 4.78 is 13.4. The maximum absolute atomic E-state index is 13.4. The summed E-state index contributed by atoms with van der Waals surface area (Å²) in [6.45, 7) is 3.98. The van der Waals surface area contributed by atoms with Crippen molar-refractivity contribution in [1.29, 1.82) is 0 Å². The number of carboxylic acids is 1. The fraction of sp³-hybridized carbons (Fsp3) is 0.467. The SMILES string of the molecule is CC(C)CN(CC(=O)O)C(=O)CCSc1ccccc1F. The van der Waals surface area contributed by atoms with E-state index in [0.29, 0.717) is 17.2 Å². The molecule has 0 bridgehead atoms. The quantitative estimate of drug-likeness (QED) is 0.750. The second kappa shape index (κ2) is 8.67. The van der Waals surface area contributed by atoms with Crippen molar-refractivity contribution in [2.24, 2.45) is 5.92 Å². The number of hydrogen-bond donors (Lipinski definition) is 1. The van der Waals surface area contributed by atoms with Gasteiger partial charge in [0.15, 0.2) is 0 Å². The van der Waals surface area contributed by atoms with Gasteiger partial charge in [0, 0.05) is 23.6 Å². The van der Waals surface area contributed by atoms with E-state index in [2.05, 4.69) is 0 Å². The number of hydrogen-bond acceptors (Lipinski definition) is 3. The topological polar surface area (TPSA) is 57.6 Å². The Bertz CT molecular complexity index is 494. The zero-order chi connectivity index (χ0) is 15.8. The van der Waals surface area contributed by atoms with Gasteiger partial charge in [0.05, 0.1) is 0 Å². The maximum Gasteiger partial charge on any atom is 0.323 e. The Kier molecular flexibility index (Phi) is 7.22. The Hall–Kier alpha value is -1.56. The molecular formula is C15H20FNO3S. The van der Waals surface area contributed by atoms with Crippen LogP contribution in [0.2, 0.25) is 0 Å². The highest BCUT2D eigenvalue weighted by atomic mass is 32.2. The van der Waals surface area contributed by atoms with E-state index in [-0.39, 0.29) is 30.6 Å². The largest absolute Gasteiger partial charge is 0.480 e. The molecule has 4 nitrogen and oxygen atoms in total. The number of nitrogens with zero attached hydrogens (tertiary/aromatic N) is 1. The van der Waals surface area contributed by atoms with E-state index in [4.69, 9.17) is 5.11 Å². The lowest BCUT2D eigenvalue weighted by molar-refractivity contribution is -0.144. The molecule has 21 heavy (non-hydrogen) atoms. The Morgan fingerprint density at radius 1 is 1.33 bits per heavy atom. The Morgan fingerprint density at radius 3 is 2.57 bits per heavy atom. The molecule has 0 aliphatic carbocycles. The number of thioether (sulfide) groups is 1. The van der Waals surface area contributed by atoms with Crippen LogP contribution in [0.25, 0.3) is 0 Å². The van der Waals surface area contributed by atoms with Crippen LogP contribution in [-0.2, 0) is 9.59 Å². The van der Waals surface area contributed by atoms with E-state index in [1.807, 2.05) is 13.8 Å². The highest BCUT2D eigenvalue weighted by Gasteiger charge is 2.17. The monoisotopic (exact) mass is 313 g/mol. The lowest BCUT2D eigenvalue weighted by Crippen LogP contribution is -2.38. The van der Waals surface area contributed by atoms with Crippen LogP contribution in [0.15, 0.2) is 29.2 Å². The van der Waals surface area contributed by atoms with Crippen molar-refractivity contribution in [3.8, 4) is 0 Å². The molecule has 1 aromatic carbocycles. The van der Waals surface area contributed by atoms with Gasteiger partial charge in [0.1, 0.15) is 12.4 Å². The highest BCUT2D eigenvalue weighted by molar-refractivity contribution is 7.99. The van der Waals surface area contributed by atoms with Crippen LogP contribution in [0.5, 0.6) is 0 Å². The molecule has 0 spiro atoms. The normalized spacial score (nSPS) is 10.7. The molecule has 6 heteroatoms. The van der Waals surface area contributed by atoms with Crippen LogP contribution in [0.4, 0.5) is 4.39 Å². The number of amides is 1. The summed E-state index contributed by atoms with van der Waals surface area (Å²) in [5, 5.41) is 8.84. The number of carboxylic acid groups (broad SMARTS) is 1. The molecule has 0 saturated carbocycles. The Balaban J connectivity index is 2.49. The molecule has 0 radical (unpaired) electrons. The first-order valence-electron chi connectivity index (χ1n) is 6.77. The third kappa shape index (κ3) is 6.62. The minimum Gasteiger partial charge on any atom is -0.480 e. The van der Waals surface area contributed by atoms with Gasteiger partial charge in [-0.05, 0) is 18.1 Å². The smallest absolute Gasteiger partial charge is 0.323 e. The van der Waals surface area contributed by atoms with Crippen molar-refractivity contribution < 1.29 is 19.1 Å². The van der Waals surface area contributed by atoms with E-state index in [9.17, 15) is 14.0 Å². The van der Waals surface area contributed by atoms with Gasteiger partial charge in [-0.15, -0.1) is 11.8 Å². The van der Waals surface area contributed by atoms with Gasteiger partial charge in [-0.2, -0.15) is 0 Å². The Labute approximate surface area is 128 Å². The molecule has 1 amide bonds. The van der Waals surface area contributed by atoms with Crippen LogP contribution in [0, 0.1) is 11.7 Å².